The number of pyridine rings is 1. The molecule has 23 heavy (non-hydrogen) atoms. The molecule has 0 fully saturated rings. The van der Waals surface area contributed by atoms with Crippen LogP contribution in [0.2, 0.25) is 0 Å². The van der Waals surface area contributed by atoms with E-state index < -0.39 is 6.04 Å². The van der Waals surface area contributed by atoms with Crippen LogP contribution in [0, 0.1) is 0 Å². The van der Waals surface area contributed by atoms with E-state index in [4.69, 9.17) is 5.73 Å². The number of benzene rings is 2. The topological polar surface area (TPSA) is 68.0 Å². The fourth-order valence-corrected chi connectivity index (χ4v) is 2.50. The van der Waals surface area contributed by atoms with Gasteiger partial charge in [0.25, 0.3) is 0 Å². The van der Waals surface area contributed by atoms with Crippen LogP contribution in [0.25, 0.3) is 10.8 Å². The lowest BCUT2D eigenvalue weighted by Gasteiger charge is -2.12. The van der Waals surface area contributed by atoms with E-state index in [1.807, 2.05) is 54.6 Å². The van der Waals surface area contributed by atoms with Crippen LogP contribution in [0.5, 0.6) is 0 Å². The van der Waals surface area contributed by atoms with Crippen molar-refractivity contribution in [2.24, 2.45) is 5.73 Å². The highest BCUT2D eigenvalue weighted by Crippen LogP contribution is 2.18. The number of anilines is 1. The van der Waals surface area contributed by atoms with Crippen molar-refractivity contribution in [3.05, 3.63) is 72.6 Å². The maximum Gasteiger partial charge on any atom is 0.241 e. The molecular weight excluding hydrogens is 286 g/mol. The second-order valence-electron chi connectivity index (χ2n) is 5.56. The van der Waals surface area contributed by atoms with Gasteiger partial charge < -0.3 is 11.1 Å². The second-order valence-corrected chi connectivity index (χ2v) is 5.56. The fourth-order valence-electron chi connectivity index (χ4n) is 2.50. The monoisotopic (exact) mass is 305 g/mol. The third kappa shape index (κ3) is 3.93. The van der Waals surface area contributed by atoms with Gasteiger partial charge in [0.05, 0.1) is 6.04 Å². The summed E-state index contributed by atoms with van der Waals surface area (Å²) in [5, 5.41) is 4.96. The first-order valence-corrected chi connectivity index (χ1v) is 7.66. The van der Waals surface area contributed by atoms with Gasteiger partial charge in [-0.2, -0.15) is 0 Å². The summed E-state index contributed by atoms with van der Waals surface area (Å²) in [4.78, 5) is 16.3. The standard InChI is InChI=1S/C19H19N3O/c20-18(9-6-14-4-2-1-3-5-14)19(23)22-17-8-7-15-10-11-21-13-16(15)12-17/h1-5,7-8,10-13,18H,6,9,20H2,(H,22,23). The van der Waals surface area contributed by atoms with E-state index in [2.05, 4.69) is 10.3 Å². The smallest absolute Gasteiger partial charge is 0.241 e. The molecule has 3 N–H and O–H groups in total. The third-order valence-corrected chi connectivity index (χ3v) is 3.83. The summed E-state index contributed by atoms with van der Waals surface area (Å²) in [5.74, 6) is -0.163. The number of nitrogens with two attached hydrogens (primary N) is 1. The number of amides is 1. The number of aromatic nitrogens is 1. The van der Waals surface area contributed by atoms with E-state index in [1.54, 1.807) is 12.4 Å². The summed E-state index contributed by atoms with van der Waals surface area (Å²) >= 11 is 0. The van der Waals surface area contributed by atoms with Crippen molar-refractivity contribution in [3.63, 3.8) is 0 Å². The highest BCUT2D eigenvalue weighted by Gasteiger charge is 2.13. The van der Waals surface area contributed by atoms with Crippen LogP contribution >= 0.6 is 0 Å². The van der Waals surface area contributed by atoms with Crippen LogP contribution in [0.1, 0.15) is 12.0 Å². The highest BCUT2D eigenvalue weighted by molar-refractivity contribution is 5.97. The molecular formula is C19H19N3O. The first-order chi connectivity index (χ1) is 11.2. The van der Waals surface area contributed by atoms with Crippen LogP contribution in [-0.4, -0.2) is 16.9 Å². The van der Waals surface area contributed by atoms with Crippen molar-refractivity contribution in [2.75, 3.05) is 5.32 Å². The second kappa shape index (κ2) is 7.03. The Labute approximate surface area is 135 Å². The number of fused-ring (bicyclic) bond motifs is 1. The van der Waals surface area contributed by atoms with Crippen molar-refractivity contribution >= 4 is 22.4 Å². The molecule has 0 bridgehead atoms. The number of hydrogen-bond acceptors (Lipinski definition) is 3. The van der Waals surface area contributed by atoms with Crippen molar-refractivity contribution < 1.29 is 4.79 Å². The van der Waals surface area contributed by atoms with Crippen molar-refractivity contribution in [1.82, 2.24) is 4.98 Å². The summed E-state index contributed by atoms with van der Waals surface area (Å²) in [6.45, 7) is 0. The summed E-state index contributed by atoms with van der Waals surface area (Å²) in [6.07, 6.45) is 4.93. The van der Waals surface area contributed by atoms with Crippen molar-refractivity contribution in [3.8, 4) is 0 Å². The molecule has 0 aliphatic carbocycles. The van der Waals surface area contributed by atoms with E-state index in [0.717, 1.165) is 22.9 Å². The minimum absolute atomic E-state index is 0.163. The molecule has 1 atom stereocenters. The van der Waals surface area contributed by atoms with Crippen molar-refractivity contribution in [2.45, 2.75) is 18.9 Å². The summed E-state index contributed by atoms with van der Waals surface area (Å²) < 4.78 is 0. The van der Waals surface area contributed by atoms with Crippen LogP contribution in [0.3, 0.4) is 0 Å². The molecule has 0 spiro atoms. The maximum absolute atomic E-state index is 12.2. The van der Waals surface area contributed by atoms with Gasteiger partial charge in [0, 0.05) is 23.5 Å². The number of carbonyl (C=O) groups is 1. The van der Waals surface area contributed by atoms with Gasteiger partial charge in [0.2, 0.25) is 5.91 Å². The van der Waals surface area contributed by atoms with Gasteiger partial charge in [-0.25, -0.2) is 0 Å². The van der Waals surface area contributed by atoms with E-state index >= 15 is 0 Å². The van der Waals surface area contributed by atoms with Crippen LogP contribution in [-0.2, 0) is 11.2 Å². The zero-order valence-electron chi connectivity index (χ0n) is 12.8. The van der Waals surface area contributed by atoms with Gasteiger partial charge in [-0.3, -0.25) is 9.78 Å². The molecule has 1 amide bonds. The third-order valence-electron chi connectivity index (χ3n) is 3.83. The Hall–Kier alpha value is -2.72. The zero-order chi connectivity index (χ0) is 16.1. The zero-order valence-corrected chi connectivity index (χ0v) is 12.8. The highest BCUT2D eigenvalue weighted by atomic mass is 16.2. The Bertz CT molecular complexity index is 802. The Morgan fingerprint density at radius 2 is 1.91 bits per heavy atom. The van der Waals surface area contributed by atoms with Crippen LogP contribution in [0.15, 0.2) is 67.0 Å². The first-order valence-electron chi connectivity index (χ1n) is 7.66. The molecule has 116 valence electrons. The number of nitrogens with one attached hydrogen (secondary N) is 1. The van der Waals surface area contributed by atoms with Crippen LogP contribution < -0.4 is 11.1 Å². The van der Waals surface area contributed by atoms with Gasteiger partial charge in [-0.05, 0) is 42.0 Å². The Kier molecular flexibility index (Phi) is 4.64. The molecule has 0 saturated carbocycles. The molecule has 1 heterocycles. The Balaban J connectivity index is 1.60. The molecule has 0 saturated heterocycles. The SMILES string of the molecule is NC(CCc1ccccc1)C(=O)Nc1ccc2ccncc2c1. The largest absolute Gasteiger partial charge is 0.325 e. The quantitative estimate of drug-likeness (QED) is 0.761. The van der Waals surface area contributed by atoms with E-state index in [-0.39, 0.29) is 5.91 Å². The molecule has 3 rings (SSSR count). The normalized spacial score (nSPS) is 12.0. The lowest BCUT2D eigenvalue weighted by Crippen LogP contribution is -2.36. The number of rotatable bonds is 5. The van der Waals surface area contributed by atoms with E-state index in [1.165, 1.54) is 5.56 Å². The van der Waals surface area contributed by atoms with Gasteiger partial charge >= 0.3 is 0 Å². The van der Waals surface area contributed by atoms with E-state index in [0.29, 0.717) is 6.42 Å². The van der Waals surface area contributed by atoms with Gasteiger partial charge in [-0.1, -0.05) is 36.4 Å². The maximum atomic E-state index is 12.2. The average molecular weight is 305 g/mol. The number of carbonyl (C=O) groups excluding carboxylic acids is 1. The van der Waals surface area contributed by atoms with Crippen LogP contribution in [0.4, 0.5) is 5.69 Å². The van der Waals surface area contributed by atoms with Gasteiger partial charge in [-0.15, -0.1) is 0 Å². The molecule has 4 heteroatoms. The molecule has 4 nitrogen and oxygen atoms in total. The number of aryl methyl sites for hydroxylation is 1. The fraction of sp³-hybridized carbons (Fsp3) is 0.158. The Morgan fingerprint density at radius 3 is 2.74 bits per heavy atom. The average Bonchev–Trinajstić information content (AvgIpc) is 2.60. The van der Waals surface area contributed by atoms with Gasteiger partial charge in [0.15, 0.2) is 0 Å². The van der Waals surface area contributed by atoms with Gasteiger partial charge in [0.1, 0.15) is 0 Å². The predicted molar refractivity (Wildman–Crippen MR) is 93.1 cm³/mol. The minimum atomic E-state index is -0.528. The molecule has 0 aliphatic rings. The first kappa shape index (κ1) is 15.2. The predicted octanol–water partition coefficient (Wildman–Crippen LogP) is 3.13. The lowest BCUT2D eigenvalue weighted by atomic mass is 10.1. The van der Waals surface area contributed by atoms with Crippen molar-refractivity contribution in [1.29, 1.82) is 0 Å². The number of nitrogens with zero attached hydrogens (tertiary/aromatic N) is 1. The molecule has 1 aromatic heterocycles. The molecule has 1 unspecified atom stereocenters. The minimum Gasteiger partial charge on any atom is -0.325 e. The summed E-state index contributed by atoms with van der Waals surface area (Å²) in [5.41, 5.74) is 7.93. The summed E-state index contributed by atoms with van der Waals surface area (Å²) in [7, 11) is 0. The Morgan fingerprint density at radius 1 is 1.09 bits per heavy atom. The molecule has 0 radical (unpaired) electrons. The summed E-state index contributed by atoms with van der Waals surface area (Å²) in [6, 6.07) is 17.2. The molecule has 2 aromatic carbocycles. The molecule has 3 aromatic rings. The lowest BCUT2D eigenvalue weighted by molar-refractivity contribution is -0.117. The molecule has 0 aliphatic heterocycles. The number of hydrogen-bond donors (Lipinski definition) is 2. The van der Waals surface area contributed by atoms with E-state index in [9.17, 15) is 4.79 Å².